The molecule has 2 aliphatic rings. The first-order chi connectivity index (χ1) is 6.48. The normalized spacial score (nSPS) is 39.9. The van der Waals surface area contributed by atoms with Crippen molar-refractivity contribution in [2.45, 2.75) is 59.0 Å². The summed E-state index contributed by atoms with van der Waals surface area (Å²) in [4.78, 5) is 0. The summed E-state index contributed by atoms with van der Waals surface area (Å²) in [5.41, 5.74) is 0.0727. The minimum absolute atomic E-state index is 0.0727. The second kappa shape index (κ2) is 3.52. The number of hydrogen-bond donors (Lipinski definition) is 1. The maximum Gasteiger partial charge on any atom is 0.0616 e. The molecule has 0 aromatic carbocycles. The topological polar surface area (TPSA) is 20.2 Å². The van der Waals surface area contributed by atoms with Crippen LogP contribution in [-0.4, -0.2) is 11.2 Å². The van der Waals surface area contributed by atoms with Crippen LogP contribution in [0.15, 0.2) is 0 Å². The van der Waals surface area contributed by atoms with Crippen molar-refractivity contribution < 1.29 is 5.11 Å². The highest BCUT2D eigenvalue weighted by Gasteiger charge is 2.42. The predicted molar refractivity (Wildman–Crippen MR) is 59.0 cm³/mol. The monoisotopic (exact) mass is 196 g/mol. The van der Waals surface area contributed by atoms with Gasteiger partial charge in [0.15, 0.2) is 0 Å². The van der Waals surface area contributed by atoms with E-state index in [0.29, 0.717) is 5.92 Å². The van der Waals surface area contributed by atoms with Gasteiger partial charge in [-0.15, -0.1) is 0 Å². The first kappa shape index (κ1) is 10.5. The highest BCUT2D eigenvalue weighted by Crippen LogP contribution is 2.49. The molecule has 14 heavy (non-hydrogen) atoms. The fourth-order valence-electron chi connectivity index (χ4n) is 3.57. The Labute approximate surface area is 87.9 Å². The van der Waals surface area contributed by atoms with Crippen LogP contribution < -0.4 is 0 Å². The van der Waals surface area contributed by atoms with Crippen molar-refractivity contribution in [1.82, 2.24) is 0 Å². The average molecular weight is 196 g/mol. The van der Waals surface area contributed by atoms with Gasteiger partial charge in [-0.1, -0.05) is 40.0 Å². The predicted octanol–water partition coefficient (Wildman–Crippen LogP) is 3.22. The Hall–Kier alpha value is -0.0400. The highest BCUT2D eigenvalue weighted by atomic mass is 16.3. The Balaban J connectivity index is 1.96. The van der Waals surface area contributed by atoms with Gasteiger partial charge in [0.2, 0.25) is 0 Å². The zero-order chi connectivity index (χ0) is 10.3. The van der Waals surface area contributed by atoms with Gasteiger partial charge in [-0.05, 0) is 36.0 Å². The molecule has 2 aliphatic carbocycles. The van der Waals surface area contributed by atoms with Gasteiger partial charge in [0.05, 0.1) is 6.10 Å². The maximum atomic E-state index is 10.2. The van der Waals surface area contributed by atoms with Crippen LogP contribution in [0, 0.1) is 23.2 Å². The fourth-order valence-corrected chi connectivity index (χ4v) is 3.57. The number of aliphatic hydroxyl groups excluding tert-OH is 1. The Morgan fingerprint density at radius 3 is 2.00 bits per heavy atom. The Bertz CT molecular complexity index is 192. The van der Waals surface area contributed by atoms with E-state index in [4.69, 9.17) is 0 Å². The molecule has 0 heterocycles. The molecule has 2 rings (SSSR count). The van der Waals surface area contributed by atoms with E-state index in [0.717, 1.165) is 11.8 Å². The maximum absolute atomic E-state index is 10.2. The zero-order valence-corrected chi connectivity index (χ0v) is 9.79. The average Bonchev–Trinajstić information content (AvgIpc) is 2.58. The third-order valence-electron chi connectivity index (χ3n) is 4.36. The third kappa shape index (κ3) is 1.84. The smallest absolute Gasteiger partial charge is 0.0616 e. The molecule has 2 saturated carbocycles. The number of hydrogen-bond acceptors (Lipinski definition) is 1. The van der Waals surface area contributed by atoms with Crippen LogP contribution in [0.4, 0.5) is 0 Å². The van der Waals surface area contributed by atoms with Crippen molar-refractivity contribution in [2.75, 3.05) is 0 Å². The summed E-state index contributed by atoms with van der Waals surface area (Å²) < 4.78 is 0. The zero-order valence-electron chi connectivity index (χ0n) is 9.79. The minimum Gasteiger partial charge on any atom is -0.392 e. The van der Waals surface area contributed by atoms with Crippen LogP contribution >= 0.6 is 0 Å². The molecular weight excluding hydrogens is 172 g/mol. The van der Waals surface area contributed by atoms with Crippen LogP contribution in [0.1, 0.15) is 52.9 Å². The second-order valence-corrected chi connectivity index (χ2v) is 6.49. The summed E-state index contributed by atoms with van der Waals surface area (Å²) in [6.07, 6.45) is 6.80. The molecule has 0 bridgehead atoms. The lowest BCUT2D eigenvalue weighted by atomic mass is 9.80. The molecule has 4 atom stereocenters. The lowest BCUT2D eigenvalue weighted by Crippen LogP contribution is -2.32. The van der Waals surface area contributed by atoms with Gasteiger partial charge in [0.1, 0.15) is 0 Å². The van der Waals surface area contributed by atoms with E-state index in [1.54, 1.807) is 0 Å². The molecule has 2 fully saturated rings. The fraction of sp³-hybridized carbons (Fsp3) is 1.00. The van der Waals surface area contributed by atoms with E-state index in [1.165, 1.54) is 32.1 Å². The van der Waals surface area contributed by atoms with Crippen LogP contribution in [0.3, 0.4) is 0 Å². The molecule has 0 aromatic rings. The van der Waals surface area contributed by atoms with Gasteiger partial charge in [-0.2, -0.15) is 0 Å². The van der Waals surface area contributed by atoms with Crippen molar-refractivity contribution >= 4 is 0 Å². The van der Waals surface area contributed by atoms with E-state index in [2.05, 4.69) is 20.8 Å². The quantitative estimate of drug-likeness (QED) is 0.682. The SMILES string of the molecule is CC(C)(C)[C@H](O)C1C[C@H]2CCC[C@H]2C1. The lowest BCUT2D eigenvalue weighted by Gasteiger charge is -2.31. The number of fused-ring (bicyclic) bond motifs is 1. The number of rotatable bonds is 1. The van der Waals surface area contributed by atoms with Gasteiger partial charge in [-0.25, -0.2) is 0 Å². The second-order valence-electron chi connectivity index (χ2n) is 6.49. The molecule has 0 radical (unpaired) electrons. The van der Waals surface area contributed by atoms with Crippen molar-refractivity contribution in [3.05, 3.63) is 0 Å². The Morgan fingerprint density at radius 1 is 1.07 bits per heavy atom. The van der Waals surface area contributed by atoms with Crippen LogP contribution in [0.2, 0.25) is 0 Å². The van der Waals surface area contributed by atoms with Crippen LogP contribution in [0.5, 0.6) is 0 Å². The summed E-state index contributed by atoms with van der Waals surface area (Å²) in [5, 5.41) is 10.2. The molecule has 82 valence electrons. The van der Waals surface area contributed by atoms with Gasteiger partial charge < -0.3 is 5.11 Å². The molecule has 0 saturated heterocycles. The van der Waals surface area contributed by atoms with Crippen molar-refractivity contribution in [1.29, 1.82) is 0 Å². The van der Waals surface area contributed by atoms with Crippen molar-refractivity contribution in [2.24, 2.45) is 23.2 Å². The van der Waals surface area contributed by atoms with Gasteiger partial charge >= 0.3 is 0 Å². The molecule has 0 spiro atoms. The first-order valence-corrected chi connectivity index (χ1v) is 6.16. The Morgan fingerprint density at radius 2 is 1.57 bits per heavy atom. The lowest BCUT2D eigenvalue weighted by molar-refractivity contribution is 0.0110. The van der Waals surface area contributed by atoms with Crippen molar-refractivity contribution in [3.8, 4) is 0 Å². The first-order valence-electron chi connectivity index (χ1n) is 6.16. The largest absolute Gasteiger partial charge is 0.392 e. The van der Waals surface area contributed by atoms with Gasteiger partial charge in [0, 0.05) is 0 Å². The molecule has 1 N–H and O–H groups in total. The minimum atomic E-state index is -0.0897. The molecular formula is C13H24O. The summed E-state index contributed by atoms with van der Waals surface area (Å²) in [6.45, 7) is 6.48. The van der Waals surface area contributed by atoms with Crippen LogP contribution in [-0.2, 0) is 0 Å². The van der Waals surface area contributed by atoms with Gasteiger partial charge in [-0.3, -0.25) is 0 Å². The molecule has 0 aliphatic heterocycles. The van der Waals surface area contributed by atoms with Crippen LogP contribution in [0.25, 0.3) is 0 Å². The summed E-state index contributed by atoms with van der Waals surface area (Å²) in [6, 6.07) is 0. The molecule has 1 unspecified atom stereocenters. The van der Waals surface area contributed by atoms with Gasteiger partial charge in [0.25, 0.3) is 0 Å². The molecule has 1 heteroatoms. The summed E-state index contributed by atoms with van der Waals surface area (Å²) in [7, 11) is 0. The molecule has 0 amide bonds. The van der Waals surface area contributed by atoms with E-state index in [1.807, 2.05) is 0 Å². The molecule has 1 nitrogen and oxygen atoms in total. The van der Waals surface area contributed by atoms with E-state index in [9.17, 15) is 5.11 Å². The molecule has 0 aromatic heterocycles. The summed E-state index contributed by atoms with van der Waals surface area (Å²) in [5.74, 6) is 2.50. The standard InChI is InChI=1S/C13H24O/c1-13(2,3)12(14)11-7-9-5-4-6-10(9)8-11/h9-12,14H,4-8H2,1-3H3/t9-,10+,11?,12-/m1/s1. The number of aliphatic hydroxyl groups is 1. The van der Waals surface area contributed by atoms with Crippen molar-refractivity contribution in [3.63, 3.8) is 0 Å². The van der Waals surface area contributed by atoms with E-state index in [-0.39, 0.29) is 11.5 Å². The summed E-state index contributed by atoms with van der Waals surface area (Å²) >= 11 is 0. The van der Waals surface area contributed by atoms with E-state index < -0.39 is 0 Å². The van der Waals surface area contributed by atoms with E-state index >= 15 is 0 Å². The highest BCUT2D eigenvalue weighted by molar-refractivity contribution is 4.93. The Kier molecular flexibility index (Phi) is 2.63. The third-order valence-corrected chi connectivity index (χ3v) is 4.36.